The van der Waals surface area contributed by atoms with Gasteiger partial charge in [0.25, 0.3) is 0 Å². The van der Waals surface area contributed by atoms with E-state index in [1.165, 1.54) is 20.0 Å². The van der Waals surface area contributed by atoms with Crippen molar-refractivity contribution in [2.45, 2.75) is 51.9 Å². The molecule has 4 heteroatoms. The second-order valence-electron chi connectivity index (χ2n) is 5.19. The first-order valence-corrected chi connectivity index (χ1v) is 6.99. The lowest BCUT2D eigenvalue weighted by Crippen LogP contribution is -2.32. The lowest BCUT2D eigenvalue weighted by molar-refractivity contribution is -0.140. The van der Waals surface area contributed by atoms with Crippen molar-refractivity contribution in [2.24, 2.45) is 11.8 Å². The van der Waals surface area contributed by atoms with Gasteiger partial charge in [-0.3, -0.25) is 9.59 Å². The minimum Gasteiger partial charge on any atom is -0.469 e. The van der Waals surface area contributed by atoms with Crippen LogP contribution in [0.3, 0.4) is 0 Å². The first-order chi connectivity index (χ1) is 8.65. The fourth-order valence-corrected chi connectivity index (χ4v) is 2.55. The molecular weight excluding hydrogens is 230 g/mol. The van der Waals surface area contributed by atoms with Gasteiger partial charge in [0.2, 0.25) is 5.91 Å². The Labute approximate surface area is 109 Å². The number of hydrogen-bond acceptors (Lipinski definition) is 3. The van der Waals surface area contributed by atoms with E-state index in [1.54, 1.807) is 0 Å². The fraction of sp³-hybridized carbons (Fsp3) is 0.857. The molecule has 0 aliphatic heterocycles. The summed E-state index contributed by atoms with van der Waals surface area (Å²) >= 11 is 0. The number of methoxy groups -OCH3 is 1. The van der Waals surface area contributed by atoms with E-state index in [-0.39, 0.29) is 17.8 Å². The van der Waals surface area contributed by atoms with Gasteiger partial charge in [-0.1, -0.05) is 19.8 Å². The predicted molar refractivity (Wildman–Crippen MR) is 70.0 cm³/mol. The summed E-state index contributed by atoms with van der Waals surface area (Å²) < 4.78 is 4.57. The molecule has 0 bridgehead atoms. The monoisotopic (exact) mass is 255 g/mol. The molecule has 1 fully saturated rings. The zero-order chi connectivity index (χ0) is 13.4. The van der Waals surface area contributed by atoms with Gasteiger partial charge in [-0.05, 0) is 31.6 Å². The fourth-order valence-electron chi connectivity index (χ4n) is 2.55. The number of hydrogen-bond donors (Lipinski definition) is 1. The number of nitrogens with one attached hydrogen (secondary N) is 1. The molecule has 18 heavy (non-hydrogen) atoms. The molecule has 1 aliphatic rings. The summed E-state index contributed by atoms with van der Waals surface area (Å²) in [5, 5.41) is 3.00. The highest BCUT2D eigenvalue weighted by Crippen LogP contribution is 2.31. The Kier molecular flexibility index (Phi) is 6.76. The smallest absolute Gasteiger partial charge is 0.305 e. The molecule has 0 aromatic rings. The van der Waals surface area contributed by atoms with Crippen molar-refractivity contribution in [3.8, 4) is 0 Å². The van der Waals surface area contributed by atoms with Gasteiger partial charge in [0.1, 0.15) is 0 Å². The van der Waals surface area contributed by atoms with Crippen LogP contribution in [0.15, 0.2) is 0 Å². The standard InChI is InChI=1S/C14H25NO3/c1-11-7-6-8-12(11)14(17)15-10-5-3-4-9-13(16)18-2/h11-12H,3-10H2,1-2H3,(H,15,17). The third-order valence-corrected chi connectivity index (χ3v) is 3.78. The Morgan fingerprint density at radius 2 is 2.00 bits per heavy atom. The van der Waals surface area contributed by atoms with Crippen molar-refractivity contribution in [3.05, 3.63) is 0 Å². The van der Waals surface area contributed by atoms with Crippen LogP contribution in [0.5, 0.6) is 0 Å². The van der Waals surface area contributed by atoms with Crippen LogP contribution >= 0.6 is 0 Å². The highest BCUT2D eigenvalue weighted by molar-refractivity contribution is 5.79. The number of carbonyl (C=O) groups excluding carboxylic acids is 2. The third-order valence-electron chi connectivity index (χ3n) is 3.78. The second kappa shape index (κ2) is 8.11. The topological polar surface area (TPSA) is 55.4 Å². The molecule has 0 heterocycles. The normalized spacial score (nSPS) is 22.8. The van der Waals surface area contributed by atoms with E-state index >= 15 is 0 Å². The molecule has 2 unspecified atom stereocenters. The SMILES string of the molecule is COC(=O)CCCCCNC(=O)C1CCCC1C. The Bertz CT molecular complexity index is 278. The van der Waals surface area contributed by atoms with Crippen LogP contribution in [0.2, 0.25) is 0 Å². The van der Waals surface area contributed by atoms with E-state index in [0.717, 1.165) is 32.2 Å². The minimum absolute atomic E-state index is 0.154. The van der Waals surface area contributed by atoms with E-state index in [1.807, 2.05) is 0 Å². The number of unbranched alkanes of at least 4 members (excludes halogenated alkanes) is 2. The summed E-state index contributed by atoms with van der Waals surface area (Å²) in [7, 11) is 1.41. The summed E-state index contributed by atoms with van der Waals surface area (Å²) in [6, 6.07) is 0. The number of rotatable bonds is 7. The van der Waals surface area contributed by atoms with Crippen molar-refractivity contribution >= 4 is 11.9 Å². The Hall–Kier alpha value is -1.06. The lowest BCUT2D eigenvalue weighted by Gasteiger charge is -2.14. The van der Waals surface area contributed by atoms with Gasteiger partial charge in [-0.25, -0.2) is 0 Å². The number of esters is 1. The van der Waals surface area contributed by atoms with Gasteiger partial charge in [0.05, 0.1) is 7.11 Å². The molecule has 4 nitrogen and oxygen atoms in total. The Balaban J connectivity index is 2.00. The van der Waals surface area contributed by atoms with Gasteiger partial charge in [-0.2, -0.15) is 0 Å². The molecule has 104 valence electrons. The van der Waals surface area contributed by atoms with Gasteiger partial charge in [-0.15, -0.1) is 0 Å². The van der Waals surface area contributed by atoms with E-state index < -0.39 is 0 Å². The summed E-state index contributed by atoms with van der Waals surface area (Å²) in [5.74, 6) is 0.816. The molecule has 0 radical (unpaired) electrons. The predicted octanol–water partition coefficient (Wildman–Crippen LogP) is 2.27. The van der Waals surface area contributed by atoms with Crippen molar-refractivity contribution in [1.82, 2.24) is 5.32 Å². The third kappa shape index (κ3) is 5.07. The molecule has 0 aromatic heterocycles. The van der Waals surface area contributed by atoms with E-state index in [0.29, 0.717) is 12.3 Å². The van der Waals surface area contributed by atoms with Crippen LogP contribution in [-0.2, 0) is 14.3 Å². The molecule has 1 aliphatic carbocycles. The highest BCUT2D eigenvalue weighted by atomic mass is 16.5. The maximum atomic E-state index is 11.9. The highest BCUT2D eigenvalue weighted by Gasteiger charge is 2.29. The number of carbonyl (C=O) groups is 2. The van der Waals surface area contributed by atoms with Crippen LogP contribution in [0, 0.1) is 11.8 Å². The molecule has 1 amide bonds. The second-order valence-corrected chi connectivity index (χ2v) is 5.19. The van der Waals surface area contributed by atoms with Crippen molar-refractivity contribution in [3.63, 3.8) is 0 Å². The van der Waals surface area contributed by atoms with Gasteiger partial charge < -0.3 is 10.1 Å². The van der Waals surface area contributed by atoms with Crippen LogP contribution in [-0.4, -0.2) is 25.5 Å². The first-order valence-electron chi connectivity index (χ1n) is 6.99. The maximum Gasteiger partial charge on any atom is 0.305 e. The minimum atomic E-state index is -0.154. The molecule has 2 atom stereocenters. The number of amides is 1. The molecule has 1 rings (SSSR count). The van der Waals surface area contributed by atoms with Gasteiger partial charge in [0, 0.05) is 18.9 Å². The molecule has 0 spiro atoms. The maximum absolute atomic E-state index is 11.9. The average Bonchev–Trinajstić information content (AvgIpc) is 2.79. The first kappa shape index (κ1) is 15.0. The zero-order valence-corrected chi connectivity index (χ0v) is 11.5. The quantitative estimate of drug-likeness (QED) is 0.561. The van der Waals surface area contributed by atoms with Crippen molar-refractivity contribution in [1.29, 1.82) is 0 Å². The van der Waals surface area contributed by atoms with E-state index in [4.69, 9.17) is 0 Å². The Morgan fingerprint density at radius 3 is 2.61 bits per heavy atom. The summed E-state index contributed by atoms with van der Waals surface area (Å²) in [6.07, 6.45) is 6.59. The van der Waals surface area contributed by atoms with Crippen LogP contribution in [0.1, 0.15) is 51.9 Å². The summed E-state index contributed by atoms with van der Waals surface area (Å²) in [6.45, 7) is 2.89. The molecular formula is C14H25NO3. The zero-order valence-electron chi connectivity index (χ0n) is 11.5. The number of ether oxygens (including phenoxy) is 1. The van der Waals surface area contributed by atoms with E-state index in [9.17, 15) is 9.59 Å². The summed E-state index contributed by atoms with van der Waals surface area (Å²) in [4.78, 5) is 22.7. The van der Waals surface area contributed by atoms with Crippen LogP contribution in [0.4, 0.5) is 0 Å². The van der Waals surface area contributed by atoms with Crippen molar-refractivity contribution < 1.29 is 14.3 Å². The van der Waals surface area contributed by atoms with Crippen LogP contribution < -0.4 is 5.32 Å². The van der Waals surface area contributed by atoms with E-state index in [2.05, 4.69) is 17.0 Å². The Morgan fingerprint density at radius 1 is 1.22 bits per heavy atom. The van der Waals surface area contributed by atoms with Crippen LogP contribution in [0.25, 0.3) is 0 Å². The molecule has 0 aromatic carbocycles. The summed E-state index contributed by atoms with van der Waals surface area (Å²) in [5.41, 5.74) is 0. The largest absolute Gasteiger partial charge is 0.469 e. The average molecular weight is 255 g/mol. The lowest BCUT2D eigenvalue weighted by atomic mass is 9.97. The molecule has 0 saturated heterocycles. The molecule has 1 saturated carbocycles. The molecule has 1 N–H and O–H groups in total. The van der Waals surface area contributed by atoms with Crippen molar-refractivity contribution in [2.75, 3.05) is 13.7 Å². The van der Waals surface area contributed by atoms with Gasteiger partial charge in [0.15, 0.2) is 0 Å². The van der Waals surface area contributed by atoms with Gasteiger partial charge >= 0.3 is 5.97 Å².